The first-order chi connectivity index (χ1) is 19.0. The molecule has 40 heavy (non-hydrogen) atoms. The number of ether oxygens (including phenoxy) is 2. The van der Waals surface area contributed by atoms with Crippen molar-refractivity contribution in [2.24, 2.45) is 23.7 Å². The lowest BCUT2D eigenvalue weighted by Gasteiger charge is -2.42. The number of hydrogen-bond acceptors (Lipinski definition) is 6. The smallest absolute Gasteiger partial charge is 0.312 e. The number of aliphatic hydroxyl groups excluding tert-OH is 1. The van der Waals surface area contributed by atoms with Crippen molar-refractivity contribution in [2.45, 2.75) is 116 Å². The van der Waals surface area contributed by atoms with Crippen molar-refractivity contribution in [1.82, 2.24) is 9.80 Å². The highest BCUT2D eigenvalue weighted by molar-refractivity contribution is 5.99. The lowest BCUT2D eigenvalue weighted by molar-refractivity contribution is -0.165. The standard InChI is InChI=1S/C32H52N2O6/c1-9-13-14-15-18-39-30(38)26-25-28(36)34(24(20-35)21(5)12-4)27(32(25)19-22(6)31(26,8)40-32)29(37)33(17-11-3)23(7)16-10-2/h9,11,21-27,35H,1,3,10,12-20H2,2,4-8H3/t21-,22?,23?,24-,25-,26-,27?,31+,32?/m0/s1. The van der Waals surface area contributed by atoms with Crippen LogP contribution in [0.25, 0.3) is 0 Å². The van der Waals surface area contributed by atoms with Gasteiger partial charge in [-0.1, -0.05) is 52.7 Å². The number of fused-ring (bicyclic) bond motifs is 1. The van der Waals surface area contributed by atoms with Crippen molar-refractivity contribution in [1.29, 1.82) is 0 Å². The van der Waals surface area contributed by atoms with Gasteiger partial charge in [0.25, 0.3) is 0 Å². The summed E-state index contributed by atoms with van der Waals surface area (Å²) in [4.78, 5) is 46.2. The van der Waals surface area contributed by atoms with Crippen LogP contribution in [0.2, 0.25) is 0 Å². The average molecular weight is 561 g/mol. The molecule has 3 aliphatic rings. The molecule has 9 atom stereocenters. The van der Waals surface area contributed by atoms with E-state index in [0.29, 0.717) is 19.4 Å². The first-order valence-corrected chi connectivity index (χ1v) is 15.3. The summed E-state index contributed by atoms with van der Waals surface area (Å²) in [5, 5.41) is 10.6. The molecule has 0 radical (unpaired) electrons. The van der Waals surface area contributed by atoms with E-state index in [1.807, 2.05) is 40.7 Å². The molecule has 1 N–H and O–H groups in total. The molecule has 3 fully saturated rings. The molecule has 4 unspecified atom stereocenters. The zero-order valence-corrected chi connectivity index (χ0v) is 25.6. The number of unbranched alkanes of at least 4 members (excludes halogenated alkanes) is 2. The number of aliphatic hydroxyl groups is 1. The monoisotopic (exact) mass is 560 g/mol. The highest BCUT2D eigenvalue weighted by Crippen LogP contribution is 2.66. The molecule has 2 amide bonds. The van der Waals surface area contributed by atoms with Gasteiger partial charge in [-0.25, -0.2) is 0 Å². The van der Waals surface area contributed by atoms with Crippen LogP contribution in [-0.2, 0) is 23.9 Å². The molecule has 8 nitrogen and oxygen atoms in total. The van der Waals surface area contributed by atoms with E-state index in [-0.39, 0.29) is 42.9 Å². The second kappa shape index (κ2) is 13.2. The van der Waals surface area contributed by atoms with Gasteiger partial charge in [0.15, 0.2) is 0 Å². The van der Waals surface area contributed by atoms with Crippen molar-refractivity contribution < 1.29 is 29.0 Å². The Morgan fingerprint density at radius 2 is 1.95 bits per heavy atom. The quantitative estimate of drug-likeness (QED) is 0.170. The molecule has 3 saturated heterocycles. The lowest BCUT2D eigenvalue weighted by Crippen LogP contribution is -2.61. The van der Waals surface area contributed by atoms with Crippen LogP contribution in [0.4, 0.5) is 0 Å². The minimum absolute atomic E-state index is 0.0548. The Morgan fingerprint density at radius 3 is 2.52 bits per heavy atom. The van der Waals surface area contributed by atoms with Crippen LogP contribution in [0.1, 0.15) is 86.5 Å². The third-order valence-corrected chi connectivity index (χ3v) is 9.98. The van der Waals surface area contributed by atoms with Crippen molar-refractivity contribution >= 4 is 17.8 Å². The van der Waals surface area contributed by atoms with E-state index in [4.69, 9.17) is 9.47 Å². The Bertz CT molecular complexity index is 954. The summed E-state index contributed by atoms with van der Waals surface area (Å²) in [5.74, 6) is -2.71. The number of carbonyl (C=O) groups excluding carboxylic acids is 3. The van der Waals surface area contributed by atoms with Crippen molar-refractivity contribution in [2.75, 3.05) is 19.8 Å². The Balaban J connectivity index is 2.10. The maximum atomic E-state index is 14.6. The number of amides is 2. The van der Waals surface area contributed by atoms with E-state index in [1.54, 1.807) is 15.9 Å². The topological polar surface area (TPSA) is 96.4 Å². The highest BCUT2D eigenvalue weighted by Gasteiger charge is 2.81. The minimum Gasteiger partial charge on any atom is -0.465 e. The number of esters is 1. The van der Waals surface area contributed by atoms with Crippen molar-refractivity contribution in [3.63, 3.8) is 0 Å². The van der Waals surface area contributed by atoms with Gasteiger partial charge in [0, 0.05) is 12.6 Å². The van der Waals surface area contributed by atoms with Gasteiger partial charge in [-0.15, -0.1) is 13.2 Å². The molecule has 3 heterocycles. The summed E-state index contributed by atoms with van der Waals surface area (Å²) in [5.41, 5.74) is -2.09. The van der Waals surface area contributed by atoms with Gasteiger partial charge in [-0.2, -0.15) is 0 Å². The fraction of sp³-hybridized carbons (Fsp3) is 0.781. The second-order valence-electron chi connectivity index (χ2n) is 12.5. The van der Waals surface area contributed by atoms with Crippen LogP contribution in [0, 0.1) is 23.7 Å². The maximum Gasteiger partial charge on any atom is 0.312 e. The molecule has 3 rings (SSSR count). The summed E-state index contributed by atoms with van der Waals surface area (Å²) < 4.78 is 12.6. The molecule has 0 aliphatic carbocycles. The van der Waals surface area contributed by atoms with E-state index in [1.165, 1.54) is 0 Å². The summed E-state index contributed by atoms with van der Waals surface area (Å²) in [6.07, 6.45) is 8.89. The predicted molar refractivity (Wildman–Crippen MR) is 155 cm³/mol. The predicted octanol–water partition coefficient (Wildman–Crippen LogP) is 4.51. The fourth-order valence-corrected chi connectivity index (χ4v) is 7.50. The maximum absolute atomic E-state index is 14.6. The molecule has 0 aromatic carbocycles. The molecule has 1 spiro atoms. The number of carbonyl (C=O) groups is 3. The van der Waals surface area contributed by atoms with Crippen LogP contribution in [-0.4, -0.2) is 81.8 Å². The van der Waals surface area contributed by atoms with Gasteiger partial charge in [0.2, 0.25) is 11.8 Å². The minimum atomic E-state index is -1.17. The number of nitrogens with zero attached hydrogens (tertiary/aromatic N) is 2. The van der Waals surface area contributed by atoms with Gasteiger partial charge in [-0.3, -0.25) is 14.4 Å². The third kappa shape index (κ3) is 5.38. The zero-order valence-electron chi connectivity index (χ0n) is 25.6. The Hall–Kier alpha value is -2.19. The molecule has 2 bridgehead atoms. The van der Waals surface area contributed by atoms with Crippen LogP contribution >= 0.6 is 0 Å². The molecule has 3 aliphatic heterocycles. The number of rotatable bonds is 16. The molecular weight excluding hydrogens is 508 g/mol. The van der Waals surface area contributed by atoms with Crippen LogP contribution < -0.4 is 0 Å². The molecule has 0 aromatic heterocycles. The highest BCUT2D eigenvalue weighted by atomic mass is 16.6. The summed E-state index contributed by atoms with van der Waals surface area (Å²) in [7, 11) is 0. The molecule has 0 aromatic rings. The second-order valence-corrected chi connectivity index (χ2v) is 12.5. The van der Waals surface area contributed by atoms with Gasteiger partial charge < -0.3 is 24.4 Å². The molecule has 0 saturated carbocycles. The van der Waals surface area contributed by atoms with Gasteiger partial charge in [-0.05, 0) is 57.8 Å². The zero-order chi connectivity index (χ0) is 29.8. The van der Waals surface area contributed by atoms with E-state index < -0.39 is 41.1 Å². The molecular formula is C32H52N2O6. The normalized spacial score (nSPS) is 32.9. The number of hydrogen-bond donors (Lipinski definition) is 1. The fourth-order valence-electron chi connectivity index (χ4n) is 7.50. The third-order valence-electron chi connectivity index (χ3n) is 9.98. The summed E-state index contributed by atoms with van der Waals surface area (Å²) in [6, 6.07) is -1.58. The average Bonchev–Trinajstić information content (AvgIpc) is 3.44. The van der Waals surface area contributed by atoms with Gasteiger partial charge in [0.1, 0.15) is 17.6 Å². The van der Waals surface area contributed by atoms with Gasteiger partial charge >= 0.3 is 5.97 Å². The first kappa shape index (κ1) is 32.3. The number of likely N-dealkylation sites (tertiary alicyclic amines) is 1. The molecule has 8 heteroatoms. The largest absolute Gasteiger partial charge is 0.465 e. The summed E-state index contributed by atoms with van der Waals surface area (Å²) in [6.45, 7) is 20.0. The van der Waals surface area contributed by atoms with Crippen LogP contribution in [0.3, 0.4) is 0 Å². The van der Waals surface area contributed by atoms with E-state index in [0.717, 1.165) is 32.1 Å². The number of allylic oxidation sites excluding steroid dienone is 1. The lowest BCUT2D eigenvalue weighted by atomic mass is 9.62. The van der Waals surface area contributed by atoms with E-state index in [2.05, 4.69) is 20.1 Å². The summed E-state index contributed by atoms with van der Waals surface area (Å²) >= 11 is 0. The first-order valence-electron chi connectivity index (χ1n) is 15.3. The van der Waals surface area contributed by atoms with E-state index in [9.17, 15) is 19.5 Å². The Kier molecular flexibility index (Phi) is 10.7. The van der Waals surface area contributed by atoms with Crippen LogP contribution in [0.15, 0.2) is 25.3 Å². The van der Waals surface area contributed by atoms with Crippen molar-refractivity contribution in [3.05, 3.63) is 25.3 Å². The molecule has 226 valence electrons. The van der Waals surface area contributed by atoms with Crippen molar-refractivity contribution in [3.8, 4) is 0 Å². The SMILES string of the molecule is C=CCCCCOC(=O)[C@@H]1[C@H]2C(=O)N([C@@H](CO)[C@@H](C)CC)C(C(=O)N(CC=C)C(C)CCC)C23CC(C)[C@@]1(C)O3. The Labute approximate surface area is 241 Å². The van der Waals surface area contributed by atoms with E-state index >= 15 is 0 Å². The van der Waals surface area contributed by atoms with Gasteiger partial charge in [0.05, 0.1) is 30.8 Å². The Morgan fingerprint density at radius 1 is 1.25 bits per heavy atom. The van der Waals surface area contributed by atoms with Crippen LogP contribution in [0.5, 0.6) is 0 Å².